The molecular formula is C28H39ClN6OS. The Kier molecular flexibility index (Phi) is 8.67. The van der Waals surface area contributed by atoms with E-state index in [0.29, 0.717) is 23.5 Å². The van der Waals surface area contributed by atoms with Crippen molar-refractivity contribution in [3.63, 3.8) is 0 Å². The summed E-state index contributed by atoms with van der Waals surface area (Å²) in [6.45, 7) is 8.67. The Labute approximate surface area is 231 Å². The highest BCUT2D eigenvalue weighted by Gasteiger charge is 2.34. The van der Waals surface area contributed by atoms with E-state index in [0.717, 1.165) is 68.9 Å². The first-order chi connectivity index (χ1) is 18.0. The van der Waals surface area contributed by atoms with Crippen molar-refractivity contribution < 1.29 is 4.74 Å². The summed E-state index contributed by atoms with van der Waals surface area (Å²) in [6.07, 6.45) is 8.05. The number of thiocarbonyl (C=S) groups is 1. The number of piperidine rings is 2. The van der Waals surface area contributed by atoms with Crippen LogP contribution in [0.1, 0.15) is 57.4 Å². The molecule has 2 aromatic rings. The van der Waals surface area contributed by atoms with Crippen LogP contribution in [0.5, 0.6) is 0 Å². The first-order valence-corrected chi connectivity index (χ1v) is 14.6. The number of benzene rings is 1. The maximum Gasteiger partial charge on any atom is 0.232 e. The molecule has 3 fully saturated rings. The van der Waals surface area contributed by atoms with Crippen LogP contribution in [0.4, 0.5) is 17.6 Å². The minimum atomic E-state index is -0.0554. The fraction of sp³-hybridized carbons (Fsp3) is 0.607. The Balaban J connectivity index is 1.32. The maximum absolute atomic E-state index is 6.17. The third-order valence-electron chi connectivity index (χ3n) is 8.08. The fourth-order valence-corrected chi connectivity index (χ4v) is 6.14. The molecule has 0 amide bonds. The molecule has 0 saturated carbocycles. The summed E-state index contributed by atoms with van der Waals surface area (Å²) in [5, 5.41) is 8.11. The van der Waals surface area contributed by atoms with Crippen LogP contribution in [0.3, 0.4) is 0 Å². The van der Waals surface area contributed by atoms with Crippen molar-refractivity contribution in [3.05, 3.63) is 40.9 Å². The molecule has 37 heavy (non-hydrogen) atoms. The molecule has 0 radical (unpaired) electrons. The third-order valence-corrected chi connectivity index (χ3v) is 8.58. The zero-order valence-corrected chi connectivity index (χ0v) is 23.4. The summed E-state index contributed by atoms with van der Waals surface area (Å²) in [7, 11) is 0. The highest BCUT2D eigenvalue weighted by molar-refractivity contribution is 7.80. The summed E-state index contributed by atoms with van der Waals surface area (Å²) >= 11 is 11.9. The van der Waals surface area contributed by atoms with Gasteiger partial charge in [-0.15, -0.1) is 0 Å². The lowest BCUT2D eigenvalue weighted by Gasteiger charge is -2.38. The lowest BCUT2D eigenvalue weighted by atomic mass is 9.74. The molecule has 1 atom stereocenters. The molecule has 5 rings (SSSR count). The Morgan fingerprint density at radius 1 is 1.03 bits per heavy atom. The van der Waals surface area contributed by atoms with Gasteiger partial charge in [0.2, 0.25) is 5.95 Å². The van der Waals surface area contributed by atoms with Crippen LogP contribution in [0.15, 0.2) is 30.3 Å². The molecule has 1 aromatic heterocycles. The van der Waals surface area contributed by atoms with E-state index in [2.05, 4.69) is 45.6 Å². The van der Waals surface area contributed by atoms with E-state index in [1.165, 1.54) is 37.7 Å². The van der Waals surface area contributed by atoms with Crippen LogP contribution in [0.2, 0.25) is 5.02 Å². The third kappa shape index (κ3) is 6.65. The molecule has 0 aliphatic carbocycles. The summed E-state index contributed by atoms with van der Waals surface area (Å²) in [5.41, 5.74) is 1.21. The van der Waals surface area contributed by atoms with Gasteiger partial charge in [-0.25, -0.2) is 0 Å². The molecule has 3 aliphatic heterocycles. The highest BCUT2D eigenvalue weighted by Crippen LogP contribution is 2.35. The summed E-state index contributed by atoms with van der Waals surface area (Å²) in [4.78, 5) is 14.6. The first-order valence-electron chi connectivity index (χ1n) is 13.8. The van der Waals surface area contributed by atoms with Crippen LogP contribution >= 0.6 is 23.8 Å². The molecule has 7 nitrogen and oxygen atoms in total. The van der Waals surface area contributed by atoms with Crippen molar-refractivity contribution in [1.29, 1.82) is 0 Å². The molecular weight excluding hydrogens is 504 g/mol. The number of nitrogens with zero attached hydrogens (tertiary/aromatic N) is 4. The van der Waals surface area contributed by atoms with E-state index >= 15 is 0 Å². The number of hydrogen-bond donors (Lipinski definition) is 2. The molecule has 3 aliphatic rings. The van der Waals surface area contributed by atoms with Gasteiger partial charge in [0, 0.05) is 62.4 Å². The van der Waals surface area contributed by atoms with Crippen molar-refractivity contribution in [3.8, 4) is 0 Å². The van der Waals surface area contributed by atoms with Gasteiger partial charge < -0.3 is 25.2 Å². The molecule has 0 spiro atoms. The van der Waals surface area contributed by atoms with E-state index in [-0.39, 0.29) is 5.41 Å². The number of nitrogens with one attached hydrogen (secondary N) is 2. The van der Waals surface area contributed by atoms with Crippen LogP contribution in [0, 0.1) is 5.92 Å². The van der Waals surface area contributed by atoms with Gasteiger partial charge in [0.15, 0.2) is 5.11 Å². The molecule has 1 aromatic carbocycles. The van der Waals surface area contributed by atoms with Crippen LogP contribution < -0.4 is 20.4 Å². The standard InChI is InChI=1S/C28H39ClN6OS/c1-21-6-5-15-35(19-21)25-18-24(34-13-3-2-4-14-34)31-26(32-25)33-27(37)30-20-28(11-16-36-17-12-28)22-7-9-23(29)10-8-22/h7-10,18,21H,2-6,11-17,19-20H2,1H3,(H2,30,31,32,33,37)/t21-/m0/s1. The van der Waals surface area contributed by atoms with Gasteiger partial charge in [0.25, 0.3) is 0 Å². The number of ether oxygens (including phenoxy) is 1. The van der Waals surface area contributed by atoms with Crippen LogP contribution in [-0.2, 0) is 10.2 Å². The molecule has 4 heterocycles. The zero-order chi connectivity index (χ0) is 25.7. The maximum atomic E-state index is 6.17. The SMILES string of the molecule is C[C@H]1CCCN(c2cc(N3CCCCC3)nc(NC(=S)NCC3(c4ccc(Cl)cc4)CCOCC3)n2)C1. The Bertz CT molecular complexity index is 1060. The Morgan fingerprint density at radius 3 is 2.41 bits per heavy atom. The van der Waals surface area contributed by atoms with Crippen molar-refractivity contribution in [2.24, 2.45) is 5.92 Å². The predicted octanol–water partition coefficient (Wildman–Crippen LogP) is 5.39. The van der Waals surface area contributed by atoms with Gasteiger partial charge in [-0.1, -0.05) is 30.7 Å². The van der Waals surface area contributed by atoms with Crippen molar-refractivity contribution in [2.75, 3.05) is 61.1 Å². The molecule has 0 bridgehead atoms. The zero-order valence-electron chi connectivity index (χ0n) is 21.8. The molecule has 2 N–H and O–H groups in total. The minimum Gasteiger partial charge on any atom is -0.381 e. The minimum absolute atomic E-state index is 0.0554. The topological polar surface area (TPSA) is 65.5 Å². The van der Waals surface area contributed by atoms with Gasteiger partial charge in [-0.3, -0.25) is 0 Å². The normalized spacial score (nSPS) is 21.9. The second-order valence-corrected chi connectivity index (χ2v) is 11.7. The van der Waals surface area contributed by atoms with E-state index in [1.54, 1.807) is 0 Å². The van der Waals surface area contributed by atoms with Gasteiger partial charge in [0.05, 0.1) is 0 Å². The lowest BCUT2D eigenvalue weighted by Crippen LogP contribution is -2.45. The number of halogens is 1. The number of aromatic nitrogens is 2. The average Bonchev–Trinajstić information content (AvgIpc) is 2.93. The van der Waals surface area contributed by atoms with Gasteiger partial charge in [-0.05, 0) is 80.8 Å². The number of anilines is 3. The van der Waals surface area contributed by atoms with Crippen LogP contribution in [-0.4, -0.2) is 61.0 Å². The monoisotopic (exact) mass is 542 g/mol. The summed E-state index contributed by atoms with van der Waals surface area (Å²) in [5.74, 6) is 3.23. The van der Waals surface area contributed by atoms with Gasteiger partial charge in [0.1, 0.15) is 11.6 Å². The second-order valence-electron chi connectivity index (χ2n) is 10.9. The Hall–Kier alpha value is -2.16. The molecule has 200 valence electrons. The Morgan fingerprint density at radius 2 is 1.70 bits per heavy atom. The van der Waals surface area contributed by atoms with Crippen molar-refractivity contribution in [2.45, 2.75) is 57.3 Å². The number of rotatable bonds is 6. The smallest absolute Gasteiger partial charge is 0.232 e. The van der Waals surface area contributed by atoms with E-state index in [1.807, 2.05) is 12.1 Å². The van der Waals surface area contributed by atoms with Crippen molar-refractivity contribution >= 4 is 46.5 Å². The molecule has 3 saturated heterocycles. The fourth-order valence-electron chi connectivity index (χ4n) is 5.85. The predicted molar refractivity (Wildman–Crippen MR) is 156 cm³/mol. The van der Waals surface area contributed by atoms with E-state index in [4.69, 9.17) is 38.5 Å². The van der Waals surface area contributed by atoms with Crippen LogP contribution in [0.25, 0.3) is 0 Å². The number of hydrogen-bond acceptors (Lipinski definition) is 6. The van der Waals surface area contributed by atoms with E-state index in [9.17, 15) is 0 Å². The lowest BCUT2D eigenvalue weighted by molar-refractivity contribution is 0.0515. The van der Waals surface area contributed by atoms with Crippen molar-refractivity contribution in [1.82, 2.24) is 15.3 Å². The summed E-state index contributed by atoms with van der Waals surface area (Å²) in [6, 6.07) is 10.4. The summed E-state index contributed by atoms with van der Waals surface area (Å²) < 4.78 is 5.69. The van der Waals surface area contributed by atoms with Gasteiger partial charge in [-0.2, -0.15) is 9.97 Å². The first kappa shape index (κ1) is 26.4. The van der Waals surface area contributed by atoms with E-state index < -0.39 is 0 Å². The molecule has 9 heteroatoms. The van der Waals surface area contributed by atoms with Gasteiger partial charge >= 0.3 is 0 Å². The highest BCUT2D eigenvalue weighted by atomic mass is 35.5. The second kappa shape index (κ2) is 12.1. The average molecular weight is 543 g/mol. The molecule has 0 unspecified atom stereocenters. The largest absolute Gasteiger partial charge is 0.381 e. The quantitative estimate of drug-likeness (QED) is 0.471.